The van der Waals surface area contributed by atoms with Gasteiger partial charge in [0.2, 0.25) is 0 Å². The average molecular weight is 374 g/mol. The molecule has 5 rings (SSSR count). The van der Waals surface area contributed by atoms with Gasteiger partial charge in [0.25, 0.3) is 0 Å². The summed E-state index contributed by atoms with van der Waals surface area (Å²) in [5, 5.41) is 12.2. The molecule has 2 aromatic carbocycles. The van der Waals surface area contributed by atoms with E-state index in [0.717, 1.165) is 26.4 Å². The highest BCUT2D eigenvalue weighted by atomic mass is 32.1. The molecule has 132 valence electrons. The molecule has 0 spiro atoms. The fraction of sp³-hybridized carbons (Fsp3) is 0.0556. The molecule has 5 aromatic rings. The van der Waals surface area contributed by atoms with Crippen LogP contribution in [0.2, 0.25) is 0 Å². The molecule has 0 amide bonds. The lowest BCUT2D eigenvalue weighted by molar-refractivity contribution is 0.800. The summed E-state index contributed by atoms with van der Waals surface area (Å²) >= 11 is 1.55. The second kappa shape index (κ2) is 5.99. The first-order valence-corrected chi connectivity index (χ1v) is 9.06. The van der Waals surface area contributed by atoms with Crippen molar-refractivity contribution in [3.05, 3.63) is 54.4 Å². The van der Waals surface area contributed by atoms with Crippen molar-refractivity contribution in [3.63, 3.8) is 0 Å². The molecule has 3 N–H and O–H groups in total. The van der Waals surface area contributed by atoms with Gasteiger partial charge in [-0.05, 0) is 36.8 Å². The van der Waals surface area contributed by atoms with E-state index in [1.54, 1.807) is 16.0 Å². The summed E-state index contributed by atoms with van der Waals surface area (Å²) in [6.07, 6.45) is 1.45. The molecule has 0 atom stereocenters. The Kier molecular flexibility index (Phi) is 3.47. The Hall–Kier alpha value is -3.59. The van der Waals surface area contributed by atoms with E-state index in [9.17, 15) is 0 Å². The Morgan fingerprint density at radius 1 is 1.07 bits per heavy atom. The number of para-hydroxylation sites is 1. The Morgan fingerprint density at radius 3 is 2.89 bits per heavy atom. The molecular weight excluding hydrogens is 360 g/mol. The quantitative estimate of drug-likeness (QED) is 0.498. The van der Waals surface area contributed by atoms with Crippen LogP contribution in [0, 0.1) is 6.92 Å². The second-order valence-corrected chi connectivity index (χ2v) is 7.10. The third-order valence-corrected chi connectivity index (χ3v) is 5.12. The van der Waals surface area contributed by atoms with E-state index < -0.39 is 0 Å². The molecule has 0 aliphatic rings. The van der Waals surface area contributed by atoms with E-state index in [1.807, 2.05) is 36.4 Å². The number of aryl methyl sites for hydroxylation is 1. The molecule has 8 nitrogen and oxygen atoms in total. The number of nitrogen functional groups attached to an aromatic ring is 1. The number of hydrogen-bond donors (Lipinski definition) is 2. The van der Waals surface area contributed by atoms with Crippen LogP contribution in [0.4, 0.5) is 16.6 Å². The second-order valence-electron chi connectivity index (χ2n) is 6.06. The Balaban J connectivity index is 1.56. The molecule has 0 bridgehead atoms. The predicted octanol–water partition coefficient (Wildman–Crippen LogP) is 3.45. The summed E-state index contributed by atoms with van der Waals surface area (Å²) in [5.74, 6) is 0.952. The van der Waals surface area contributed by atoms with Gasteiger partial charge in [-0.15, -0.1) is 5.10 Å². The first-order chi connectivity index (χ1) is 13.2. The normalized spacial score (nSPS) is 11.3. The number of rotatable bonds is 3. The lowest BCUT2D eigenvalue weighted by Gasteiger charge is -2.09. The largest absolute Gasteiger partial charge is 0.393 e. The molecule has 0 saturated carbocycles. The van der Waals surface area contributed by atoms with E-state index in [4.69, 9.17) is 5.73 Å². The van der Waals surface area contributed by atoms with Crippen LogP contribution in [0.25, 0.3) is 27.1 Å². The molecule has 0 aliphatic heterocycles. The summed E-state index contributed by atoms with van der Waals surface area (Å²) in [6, 6.07) is 13.8. The minimum absolute atomic E-state index is 0.378. The third-order valence-electron chi connectivity index (χ3n) is 4.18. The van der Waals surface area contributed by atoms with Crippen molar-refractivity contribution in [2.75, 3.05) is 11.1 Å². The minimum Gasteiger partial charge on any atom is -0.393 e. The molecule has 27 heavy (non-hydrogen) atoms. The van der Waals surface area contributed by atoms with Crippen LogP contribution in [0.15, 0.2) is 48.8 Å². The van der Waals surface area contributed by atoms with Crippen molar-refractivity contribution >= 4 is 49.2 Å². The Labute approximate surface area is 157 Å². The predicted molar refractivity (Wildman–Crippen MR) is 107 cm³/mol. The maximum absolute atomic E-state index is 6.33. The van der Waals surface area contributed by atoms with Crippen LogP contribution < -0.4 is 11.1 Å². The smallest absolute Gasteiger partial charge is 0.189 e. The van der Waals surface area contributed by atoms with E-state index >= 15 is 0 Å². The van der Waals surface area contributed by atoms with Crippen LogP contribution in [0.3, 0.4) is 0 Å². The molecule has 3 heterocycles. The molecule has 0 radical (unpaired) electrons. The van der Waals surface area contributed by atoms with Gasteiger partial charge in [-0.25, -0.2) is 15.0 Å². The number of fused-ring (bicyclic) bond motifs is 2. The zero-order valence-corrected chi connectivity index (χ0v) is 15.1. The minimum atomic E-state index is 0.378. The number of nitrogens with two attached hydrogens (primary N) is 1. The molecule has 9 heteroatoms. The van der Waals surface area contributed by atoms with Gasteiger partial charge in [0.1, 0.15) is 17.5 Å². The van der Waals surface area contributed by atoms with E-state index in [1.165, 1.54) is 11.9 Å². The van der Waals surface area contributed by atoms with Gasteiger partial charge < -0.3 is 11.1 Å². The van der Waals surface area contributed by atoms with Crippen LogP contribution in [-0.2, 0) is 0 Å². The lowest BCUT2D eigenvalue weighted by atomic mass is 10.2. The maximum Gasteiger partial charge on any atom is 0.189 e. The van der Waals surface area contributed by atoms with Crippen LogP contribution in [0.1, 0.15) is 5.56 Å². The summed E-state index contributed by atoms with van der Waals surface area (Å²) in [7, 11) is 0. The number of benzene rings is 2. The van der Waals surface area contributed by atoms with E-state index in [0.29, 0.717) is 17.3 Å². The highest BCUT2D eigenvalue weighted by molar-refractivity contribution is 7.22. The van der Waals surface area contributed by atoms with Gasteiger partial charge in [-0.1, -0.05) is 34.7 Å². The number of hydrogen-bond acceptors (Lipinski definition) is 8. The monoisotopic (exact) mass is 374 g/mol. The topological polar surface area (TPSA) is 107 Å². The molecule has 3 aromatic heterocycles. The first-order valence-electron chi connectivity index (χ1n) is 8.24. The SMILES string of the molecule is Cc1ccc2nc(Nc3ncnc(-n4nnc5ccccc54)c3N)sc2c1. The van der Waals surface area contributed by atoms with Crippen LogP contribution in [0.5, 0.6) is 0 Å². The van der Waals surface area contributed by atoms with Crippen LogP contribution in [-0.4, -0.2) is 29.9 Å². The van der Waals surface area contributed by atoms with Crippen molar-refractivity contribution < 1.29 is 0 Å². The van der Waals surface area contributed by atoms with E-state index in [2.05, 4.69) is 43.6 Å². The van der Waals surface area contributed by atoms with Gasteiger partial charge in [0.15, 0.2) is 16.8 Å². The van der Waals surface area contributed by atoms with Crippen molar-refractivity contribution in [3.8, 4) is 5.82 Å². The zero-order valence-electron chi connectivity index (χ0n) is 14.3. The Morgan fingerprint density at radius 2 is 1.96 bits per heavy atom. The van der Waals surface area contributed by atoms with Crippen LogP contribution >= 0.6 is 11.3 Å². The number of aromatic nitrogens is 6. The van der Waals surface area contributed by atoms with Crippen molar-refractivity contribution in [2.24, 2.45) is 0 Å². The highest BCUT2D eigenvalue weighted by Crippen LogP contribution is 2.31. The fourth-order valence-electron chi connectivity index (χ4n) is 2.87. The number of nitrogens with zero attached hydrogens (tertiary/aromatic N) is 6. The summed E-state index contributed by atoms with van der Waals surface area (Å²) in [4.78, 5) is 13.2. The summed E-state index contributed by atoms with van der Waals surface area (Å²) in [5.41, 5.74) is 10.4. The van der Waals surface area contributed by atoms with Gasteiger partial charge in [0, 0.05) is 0 Å². The van der Waals surface area contributed by atoms with Crippen molar-refractivity contribution in [1.29, 1.82) is 0 Å². The third kappa shape index (κ3) is 2.64. The number of nitrogens with one attached hydrogen (secondary N) is 1. The molecular formula is C18H14N8S. The highest BCUT2D eigenvalue weighted by Gasteiger charge is 2.15. The fourth-order valence-corrected chi connectivity index (χ4v) is 3.83. The first kappa shape index (κ1) is 15.6. The standard InChI is InChI=1S/C18H14N8S/c1-10-6-7-12-14(8-10)27-18(22-12)23-16-15(19)17(21-9-20-16)26-13-5-3-2-4-11(13)24-25-26/h2-9H,19H2,1H3,(H,20,21,22,23). The molecule has 0 saturated heterocycles. The van der Waals surface area contributed by atoms with Gasteiger partial charge in [-0.3, -0.25) is 0 Å². The average Bonchev–Trinajstić information content (AvgIpc) is 3.27. The lowest BCUT2D eigenvalue weighted by Crippen LogP contribution is -2.08. The number of thiazole rings is 1. The number of anilines is 3. The van der Waals surface area contributed by atoms with E-state index in [-0.39, 0.29) is 0 Å². The molecule has 0 aliphatic carbocycles. The maximum atomic E-state index is 6.33. The van der Waals surface area contributed by atoms with Crippen molar-refractivity contribution in [1.82, 2.24) is 29.9 Å². The molecule has 0 unspecified atom stereocenters. The summed E-state index contributed by atoms with van der Waals surface area (Å²) < 4.78 is 2.71. The van der Waals surface area contributed by atoms with Gasteiger partial charge >= 0.3 is 0 Å². The molecule has 0 fully saturated rings. The van der Waals surface area contributed by atoms with Crippen molar-refractivity contribution in [2.45, 2.75) is 6.92 Å². The van der Waals surface area contributed by atoms with Gasteiger partial charge in [-0.2, -0.15) is 4.68 Å². The zero-order chi connectivity index (χ0) is 18.4. The van der Waals surface area contributed by atoms with Gasteiger partial charge in [0.05, 0.1) is 15.7 Å². The summed E-state index contributed by atoms with van der Waals surface area (Å²) in [6.45, 7) is 2.06. The Bertz CT molecular complexity index is 1290.